The van der Waals surface area contributed by atoms with Gasteiger partial charge >= 0.3 is 0 Å². The lowest BCUT2D eigenvalue weighted by Crippen LogP contribution is -2.39. The van der Waals surface area contributed by atoms with Crippen molar-refractivity contribution in [2.45, 2.75) is 31.6 Å². The molecule has 270 valence electrons. The summed E-state index contributed by atoms with van der Waals surface area (Å²) < 4.78 is 8.78. The van der Waals surface area contributed by atoms with Crippen LogP contribution in [0.15, 0.2) is 53.5 Å². The molecule has 2 atom stereocenters. The number of hydrogen-bond acceptors (Lipinski definition) is 11. The van der Waals surface area contributed by atoms with E-state index in [-0.39, 0.29) is 35.6 Å². The third kappa shape index (κ3) is 6.95. The summed E-state index contributed by atoms with van der Waals surface area (Å²) >= 11 is 6.57. The Morgan fingerprint density at radius 2 is 1.96 bits per heavy atom. The second-order valence-electron chi connectivity index (χ2n) is 13.1. The topological polar surface area (TPSA) is 177 Å². The first-order valence-electron chi connectivity index (χ1n) is 17.1. The molecule has 2 aromatic carbocycles. The van der Waals surface area contributed by atoms with Crippen molar-refractivity contribution in [3.05, 3.63) is 69.7 Å². The number of rotatable bonds is 10. The molecule has 0 saturated carbocycles. The van der Waals surface area contributed by atoms with Gasteiger partial charge < -0.3 is 30.2 Å². The quantitative estimate of drug-likeness (QED) is 0.155. The number of hydrogen-bond donors (Lipinski definition) is 4. The lowest BCUT2D eigenvalue weighted by atomic mass is 9.92. The molecule has 0 bridgehead atoms. The smallest absolute Gasteiger partial charge is 0.293 e. The van der Waals surface area contributed by atoms with Crippen molar-refractivity contribution < 1.29 is 19.1 Å². The van der Waals surface area contributed by atoms with Crippen LogP contribution in [-0.2, 0) is 28.5 Å². The van der Waals surface area contributed by atoms with E-state index in [0.29, 0.717) is 59.0 Å². The number of amides is 3. The zero-order valence-electron chi connectivity index (χ0n) is 29.0. The zero-order valence-corrected chi connectivity index (χ0v) is 29.8. The Kier molecular flexibility index (Phi) is 9.69. The molecule has 5 aromatic rings. The van der Waals surface area contributed by atoms with Gasteiger partial charge in [0.15, 0.2) is 18.2 Å². The van der Waals surface area contributed by atoms with Gasteiger partial charge in [-0.1, -0.05) is 23.7 Å². The van der Waals surface area contributed by atoms with Crippen molar-refractivity contribution >= 4 is 74.3 Å². The minimum absolute atomic E-state index is 0.0706. The van der Waals surface area contributed by atoms with Crippen LogP contribution in [0.3, 0.4) is 0 Å². The van der Waals surface area contributed by atoms with E-state index >= 15 is 0 Å². The fourth-order valence-electron chi connectivity index (χ4n) is 6.97. The summed E-state index contributed by atoms with van der Waals surface area (Å²) in [5.74, 6) is 0.0263. The van der Waals surface area contributed by atoms with Crippen LogP contribution in [0.5, 0.6) is 5.75 Å². The largest absolute Gasteiger partial charge is 0.478 e. The molecule has 7 rings (SSSR count). The molecular weight excluding hydrogens is 688 g/mol. The van der Waals surface area contributed by atoms with E-state index in [1.807, 2.05) is 43.4 Å². The summed E-state index contributed by atoms with van der Waals surface area (Å²) in [5.41, 5.74) is 3.57. The summed E-state index contributed by atoms with van der Waals surface area (Å²) in [6.45, 7) is 1.98. The highest BCUT2D eigenvalue weighted by Crippen LogP contribution is 2.34. The SMILES string of the molecule is CNC(=O)COc1cc2cc(Nc3nc(N4CCCC(CNc5cccc6c(C7CCC(=O)NC7=O)nn(C)c56)C4)ncc3Cl)ccc2n(C)c1=O. The molecule has 4 N–H and O–H groups in total. The molecule has 3 aromatic heterocycles. The number of para-hydroxylation sites is 1. The van der Waals surface area contributed by atoms with Crippen LogP contribution in [0.1, 0.15) is 37.3 Å². The van der Waals surface area contributed by atoms with E-state index in [9.17, 15) is 19.2 Å². The number of benzene rings is 2. The number of pyridine rings is 1. The van der Waals surface area contributed by atoms with E-state index in [1.165, 1.54) is 11.6 Å². The maximum absolute atomic E-state index is 12.8. The van der Waals surface area contributed by atoms with Crippen LogP contribution in [0.2, 0.25) is 5.02 Å². The van der Waals surface area contributed by atoms with Crippen LogP contribution in [0, 0.1) is 5.92 Å². The fourth-order valence-corrected chi connectivity index (χ4v) is 7.11. The van der Waals surface area contributed by atoms with E-state index < -0.39 is 5.92 Å². The number of aryl methyl sites for hydroxylation is 2. The van der Waals surface area contributed by atoms with Crippen molar-refractivity contribution in [1.29, 1.82) is 0 Å². The Labute approximate surface area is 303 Å². The van der Waals surface area contributed by atoms with Crippen molar-refractivity contribution in [1.82, 2.24) is 34.9 Å². The number of halogens is 1. The minimum Gasteiger partial charge on any atom is -0.478 e. The second kappa shape index (κ2) is 14.5. The summed E-state index contributed by atoms with van der Waals surface area (Å²) in [4.78, 5) is 60.4. The molecule has 15 nitrogen and oxygen atoms in total. The lowest BCUT2D eigenvalue weighted by molar-refractivity contribution is -0.134. The van der Waals surface area contributed by atoms with Crippen molar-refractivity contribution in [3.8, 4) is 5.75 Å². The third-order valence-corrected chi connectivity index (χ3v) is 9.94. The first kappa shape index (κ1) is 34.7. The number of carbonyl (C=O) groups is 3. The summed E-state index contributed by atoms with van der Waals surface area (Å²) in [7, 11) is 5.02. The van der Waals surface area contributed by atoms with Crippen LogP contribution < -0.4 is 36.5 Å². The predicted molar refractivity (Wildman–Crippen MR) is 198 cm³/mol. The first-order chi connectivity index (χ1) is 25.1. The summed E-state index contributed by atoms with van der Waals surface area (Å²) in [6.07, 6.45) is 4.32. The number of fused-ring (bicyclic) bond motifs is 2. The highest BCUT2D eigenvalue weighted by molar-refractivity contribution is 6.33. The molecule has 2 aliphatic heterocycles. The number of ether oxygens (including phenoxy) is 1. The van der Waals surface area contributed by atoms with Gasteiger partial charge in [-0.25, -0.2) is 4.98 Å². The zero-order chi connectivity index (χ0) is 36.5. The number of piperidine rings is 2. The highest BCUT2D eigenvalue weighted by Gasteiger charge is 2.32. The normalized spacial score (nSPS) is 17.7. The molecule has 0 radical (unpaired) electrons. The Bertz CT molecular complexity index is 2270. The van der Waals surface area contributed by atoms with E-state index in [4.69, 9.17) is 26.4 Å². The number of imide groups is 1. The number of anilines is 4. The van der Waals surface area contributed by atoms with Crippen LogP contribution in [0.25, 0.3) is 21.8 Å². The number of likely N-dealkylation sites (N-methyl/N-ethyl adjacent to an activating group) is 1. The molecule has 2 aliphatic rings. The molecule has 0 aliphatic carbocycles. The van der Waals surface area contributed by atoms with Gasteiger partial charge in [-0.05, 0) is 55.5 Å². The standard InChI is InChI=1S/C36H39ClN10O5/c1-38-30(49)19-52-28-15-21-14-22(9-11-27(21)45(2)35(28)51)41-33-25(37)17-40-36(43-33)47-13-5-6-20(18-47)16-39-26-8-4-7-23-31(44-46(3)32(23)26)24-10-12-29(48)42-34(24)50/h4,7-9,11,14-15,17,20,24,39H,5-6,10,12-13,16,18-19H2,1-3H3,(H,38,49)(H,40,41,43)(H,42,48,50). The van der Waals surface area contributed by atoms with Crippen molar-refractivity contribution in [2.24, 2.45) is 20.0 Å². The van der Waals surface area contributed by atoms with Gasteiger partial charge in [-0.2, -0.15) is 10.1 Å². The highest BCUT2D eigenvalue weighted by atomic mass is 35.5. The minimum atomic E-state index is -0.465. The Hall–Kier alpha value is -5.70. The monoisotopic (exact) mass is 726 g/mol. The number of aromatic nitrogens is 5. The molecule has 2 fully saturated rings. The number of nitrogens with zero attached hydrogens (tertiary/aromatic N) is 6. The molecule has 5 heterocycles. The predicted octanol–water partition coefficient (Wildman–Crippen LogP) is 3.59. The van der Waals surface area contributed by atoms with Gasteiger partial charge in [0.1, 0.15) is 5.02 Å². The van der Waals surface area contributed by atoms with Crippen molar-refractivity contribution in [3.63, 3.8) is 0 Å². The number of carbonyl (C=O) groups excluding carboxylic acids is 3. The molecule has 2 saturated heterocycles. The summed E-state index contributed by atoms with van der Waals surface area (Å²) in [5, 5.41) is 18.6. The van der Waals surface area contributed by atoms with E-state index in [1.54, 1.807) is 24.0 Å². The lowest BCUT2D eigenvalue weighted by Gasteiger charge is -2.33. The number of nitrogens with one attached hydrogen (secondary N) is 4. The van der Waals surface area contributed by atoms with Gasteiger partial charge in [0.05, 0.1) is 34.5 Å². The molecular formula is C36H39ClN10O5. The summed E-state index contributed by atoms with van der Waals surface area (Å²) in [6, 6.07) is 13.1. The molecule has 0 spiro atoms. The van der Waals surface area contributed by atoms with Gasteiger partial charge in [-0.15, -0.1) is 0 Å². The van der Waals surface area contributed by atoms with E-state index in [2.05, 4.69) is 31.2 Å². The van der Waals surface area contributed by atoms with Crippen LogP contribution in [-0.4, -0.2) is 75.3 Å². The maximum atomic E-state index is 12.8. The van der Waals surface area contributed by atoms with Crippen LogP contribution >= 0.6 is 11.6 Å². The van der Waals surface area contributed by atoms with Gasteiger partial charge in [-0.3, -0.25) is 29.2 Å². The van der Waals surface area contributed by atoms with Gasteiger partial charge in [0.25, 0.3) is 11.5 Å². The molecule has 16 heteroatoms. The van der Waals surface area contributed by atoms with Crippen LogP contribution in [0.4, 0.5) is 23.1 Å². The van der Waals surface area contributed by atoms with Gasteiger partial charge in [0.2, 0.25) is 17.8 Å². The second-order valence-corrected chi connectivity index (χ2v) is 13.6. The molecule has 2 unspecified atom stereocenters. The average molecular weight is 727 g/mol. The molecule has 52 heavy (non-hydrogen) atoms. The third-order valence-electron chi connectivity index (χ3n) is 9.67. The van der Waals surface area contributed by atoms with Gasteiger partial charge in [0, 0.05) is 63.7 Å². The van der Waals surface area contributed by atoms with Crippen molar-refractivity contribution in [2.75, 3.05) is 48.8 Å². The Morgan fingerprint density at radius 1 is 1.12 bits per heavy atom. The fraction of sp³-hybridized carbons (Fsp3) is 0.361. The van der Waals surface area contributed by atoms with E-state index in [0.717, 1.165) is 47.9 Å². The maximum Gasteiger partial charge on any atom is 0.293 e. The Balaban J connectivity index is 1.05. The Morgan fingerprint density at radius 3 is 2.77 bits per heavy atom. The molecule has 3 amide bonds. The first-order valence-corrected chi connectivity index (χ1v) is 17.5. The average Bonchev–Trinajstić information content (AvgIpc) is 3.48.